The summed E-state index contributed by atoms with van der Waals surface area (Å²) in [7, 11) is 3.25. The number of alkyl halides is 6. The Balaban J connectivity index is 0.000000161. The van der Waals surface area contributed by atoms with Crippen LogP contribution in [0.15, 0.2) is 108 Å². The number of aryl methyl sites for hydroxylation is 6. The first kappa shape index (κ1) is 65.9. The number of methoxy groups -OCH3 is 2. The van der Waals surface area contributed by atoms with Crippen LogP contribution in [0.2, 0.25) is 5.02 Å². The Labute approximate surface area is 513 Å². The molecule has 17 nitrogen and oxygen atoms in total. The van der Waals surface area contributed by atoms with Gasteiger partial charge < -0.3 is 40.3 Å². The molecule has 3 fully saturated rings. The number of aliphatic hydroxyl groups excluding tert-OH is 1. The monoisotopic (exact) mass is 1240 g/mol. The van der Waals surface area contributed by atoms with E-state index in [0.29, 0.717) is 90.8 Å². The highest BCUT2D eigenvalue weighted by Crippen LogP contribution is 2.37. The van der Waals surface area contributed by atoms with Gasteiger partial charge in [0.25, 0.3) is 0 Å². The average Bonchev–Trinajstić information content (AvgIpc) is 3.00. The fourth-order valence-electron chi connectivity index (χ4n) is 10.5. The third kappa shape index (κ3) is 19.2. The molecule has 6 heterocycles. The minimum absolute atomic E-state index is 0.00565. The molecular formula is C64H77ClF6N12O5. The van der Waals surface area contributed by atoms with E-state index in [2.05, 4.69) is 41.2 Å². The molecule has 0 bridgehead atoms. The number of nitrogens with zero attached hydrogens (tertiary/aromatic N) is 8. The number of pyridine rings is 3. The van der Waals surface area contributed by atoms with Gasteiger partial charge >= 0.3 is 0 Å². The van der Waals surface area contributed by atoms with Crippen LogP contribution in [-0.4, -0.2) is 99.5 Å². The lowest BCUT2D eigenvalue weighted by atomic mass is 9.92. The van der Waals surface area contributed by atoms with Crippen LogP contribution in [0.4, 0.5) is 43.8 Å². The number of hydrogen-bond acceptors (Lipinski definition) is 13. The molecule has 0 saturated heterocycles. The molecule has 5 N–H and O–H groups in total. The Morgan fingerprint density at radius 1 is 0.534 bits per heavy atom. The maximum absolute atomic E-state index is 13.5. The van der Waals surface area contributed by atoms with Gasteiger partial charge in [-0.15, -0.1) is 0 Å². The molecule has 0 unspecified atom stereocenters. The lowest BCUT2D eigenvalue weighted by molar-refractivity contribution is -0.0366. The quantitative estimate of drug-likeness (QED) is 0.0609. The van der Waals surface area contributed by atoms with Crippen molar-refractivity contribution in [1.29, 1.82) is 0 Å². The van der Waals surface area contributed by atoms with E-state index >= 15 is 0 Å². The molecule has 2 aromatic carbocycles. The molecule has 0 radical (unpaired) electrons. The molecule has 0 aliphatic heterocycles. The van der Waals surface area contributed by atoms with Gasteiger partial charge in [0, 0.05) is 109 Å². The summed E-state index contributed by atoms with van der Waals surface area (Å²) < 4.78 is 101. The maximum Gasteiger partial charge on any atom is 0.248 e. The van der Waals surface area contributed by atoms with Crippen LogP contribution in [-0.2, 0) is 13.2 Å². The van der Waals surface area contributed by atoms with E-state index in [1.54, 1.807) is 40.4 Å². The Morgan fingerprint density at radius 2 is 0.943 bits per heavy atom. The number of nitrogens with one attached hydrogen (secondary N) is 4. The summed E-state index contributed by atoms with van der Waals surface area (Å²) in [4.78, 5) is 24.3. The predicted octanol–water partition coefficient (Wildman–Crippen LogP) is 14.3. The highest BCUT2D eigenvalue weighted by molar-refractivity contribution is 6.31. The van der Waals surface area contributed by atoms with Gasteiger partial charge in [0.05, 0.1) is 37.9 Å². The van der Waals surface area contributed by atoms with Crippen LogP contribution in [0.5, 0.6) is 17.2 Å². The van der Waals surface area contributed by atoms with Crippen molar-refractivity contribution < 1.29 is 45.7 Å². The maximum atomic E-state index is 13.5. The van der Waals surface area contributed by atoms with E-state index in [-0.39, 0.29) is 68.7 Å². The predicted molar refractivity (Wildman–Crippen MR) is 329 cm³/mol. The number of ether oxygens (including phenoxy) is 3. The number of hydrogen-bond donors (Lipinski definition) is 5. The van der Waals surface area contributed by atoms with E-state index in [1.807, 2.05) is 120 Å². The zero-order valence-electron chi connectivity index (χ0n) is 50.8. The van der Waals surface area contributed by atoms with Gasteiger partial charge in [0.15, 0.2) is 17.1 Å². The smallest absolute Gasteiger partial charge is 0.248 e. The minimum atomic E-state index is -2.57. The van der Waals surface area contributed by atoms with Crippen molar-refractivity contribution in [3.8, 4) is 34.7 Å². The fourth-order valence-corrected chi connectivity index (χ4v) is 10.8. The topological polar surface area (TPSA) is 196 Å². The van der Waals surface area contributed by atoms with Crippen molar-refractivity contribution >= 4 is 29.1 Å². The summed E-state index contributed by atoms with van der Waals surface area (Å²) in [5, 5.41) is 32.2. The van der Waals surface area contributed by atoms with Crippen LogP contribution < -0.4 is 35.6 Å². The third-order valence-electron chi connectivity index (χ3n) is 15.2. The summed E-state index contributed by atoms with van der Waals surface area (Å²) >= 11 is 6.18. The van der Waals surface area contributed by atoms with E-state index in [1.165, 1.54) is 12.1 Å². The minimum Gasteiger partial charge on any atom is -0.497 e. The molecule has 3 aliphatic rings. The summed E-state index contributed by atoms with van der Waals surface area (Å²) in [6.07, 6.45) is 1.81. The lowest BCUT2D eigenvalue weighted by Crippen LogP contribution is -2.32. The van der Waals surface area contributed by atoms with Crippen LogP contribution in [0.3, 0.4) is 0 Å². The van der Waals surface area contributed by atoms with Crippen LogP contribution in [0.25, 0.3) is 17.5 Å². The molecule has 0 amide bonds. The van der Waals surface area contributed by atoms with Gasteiger partial charge in [-0.25, -0.2) is 50.4 Å². The van der Waals surface area contributed by atoms with Crippen molar-refractivity contribution in [1.82, 2.24) is 44.3 Å². The molecule has 6 aromatic heterocycles. The summed E-state index contributed by atoms with van der Waals surface area (Å²) in [5.74, 6) is -1.91. The largest absolute Gasteiger partial charge is 0.497 e. The highest BCUT2D eigenvalue weighted by Gasteiger charge is 2.37. The molecule has 3 aliphatic carbocycles. The van der Waals surface area contributed by atoms with Gasteiger partial charge in [-0.05, 0) is 140 Å². The van der Waals surface area contributed by atoms with E-state index < -0.39 is 17.8 Å². The van der Waals surface area contributed by atoms with Crippen molar-refractivity contribution in [2.24, 2.45) is 0 Å². The number of aromatic amines is 1. The molecule has 11 rings (SSSR count). The number of anilines is 3. The molecular weight excluding hydrogens is 1170 g/mol. The first-order valence-corrected chi connectivity index (χ1v) is 29.7. The fraction of sp³-hybridized carbons (Fsp3) is 0.438. The van der Waals surface area contributed by atoms with Crippen molar-refractivity contribution in [3.05, 3.63) is 164 Å². The van der Waals surface area contributed by atoms with Gasteiger partial charge in [-0.1, -0.05) is 35.9 Å². The molecule has 8 aromatic rings. The normalized spacial score (nSPS) is 16.4. The molecule has 0 atom stereocenters. The summed E-state index contributed by atoms with van der Waals surface area (Å²) in [5.41, 5.74) is 7.20. The Morgan fingerprint density at radius 3 is 1.36 bits per heavy atom. The number of aliphatic hydroxyl groups is 1. The molecule has 24 heteroatoms. The van der Waals surface area contributed by atoms with Crippen molar-refractivity contribution in [3.63, 3.8) is 0 Å². The Kier molecular flexibility index (Phi) is 21.9. The average molecular weight is 1240 g/mol. The van der Waals surface area contributed by atoms with Crippen LogP contribution in [0, 0.1) is 41.5 Å². The first-order chi connectivity index (χ1) is 41.8. The third-order valence-corrected chi connectivity index (χ3v) is 15.4. The zero-order valence-corrected chi connectivity index (χ0v) is 51.5. The summed E-state index contributed by atoms with van der Waals surface area (Å²) in [6, 6.07) is 30.7. The number of rotatable bonds is 15. The molecule has 472 valence electrons. The van der Waals surface area contributed by atoms with Crippen LogP contribution >= 0.6 is 11.6 Å². The number of halogens is 7. The van der Waals surface area contributed by atoms with Gasteiger partial charge in [-0.3, -0.25) is 4.79 Å². The summed E-state index contributed by atoms with van der Waals surface area (Å²) in [6.45, 7) is 12.0. The van der Waals surface area contributed by atoms with E-state index in [4.69, 9.17) is 35.9 Å². The van der Waals surface area contributed by atoms with Gasteiger partial charge in [0.2, 0.25) is 17.8 Å². The standard InChI is InChI=1S/C24H28F2N4O2.C16H19ClF2N4.C16H20F2N4O.C8H10O2/c1-16-12-17(2)30(29-16)23-14-21(32-15-18-4-6-20(31-3)7-5-18)13-22(28-23)27-19-8-10-24(25,26)11-9-19;1-10-7-11(2)23(22-10)15-9-12(17)8-14(21-15)20-13-3-5-16(18,19)6-4-13;1-10-7-11(2)22(21-10)15-9-13(23)8-14(20-15)19-12-3-5-16(17,18)6-4-12;1-10-8-4-2-7(6-9)3-5-8/h4-7,12-14,19H,8-11,15H2,1-3H3,(H,27,28);7-9,13H,3-6H2,1-2H3,(H,20,21);7-9,12H,3-6H2,1-2H3,(H2,19,20,23);2-5,9H,6H2,1H3. The SMILES string of the molecule is COc1ccc(CO)cc1.COc1ccc(COc2cc(NC3CCC(F)(F)CC3)nc(-n3nc(C)cc3C)c2)cc1.Cc1cc(C)n(-c2cc(=O)cc(NC3CCC(F)(F)CC3)[nH]2)n1.Cc1cc(C)n(-c2cc(Cl)cc(NC3CCC(F)(F)CC3)n2)n1. The van der Waals surface area contributed by atoms with E-state index in [9.17, 15) is 31.1 Å². The highest BCUT2D eigenvalue weighted by atomic mass is 35.5. The van der Waals surface area contributed by atoms with Gasteiger partial charge in [0.1, 0.15) is 47.1 Å². The zero-order chi connectivity index (χ0) is 63.3. The Bertz CT molecular complexity index is 3580. The molecule has 3 saturated carbocycles. The van der Waals surface area contributed by atoms with E-state index in [0.717, 1.165) is 56.8 Å². The van der Waals surface area contributed by atoms with Gasteiger partial charge in [-0.2, -0.15) is 15.3 Å². The van der Waals surface area contributed by atoms with Crippen LogP contribution in [0.1, 0.15) is 122 Å². The Hall–Kier alpha value is -8.05. The second kappa shape index (κ2) is 29.3. The molecule has 88 heavy (non-hydrogen) atoms. The second-order valence-electron chi connectivity index (χ2n) is 22.7. The first-order valence-electron chi connectivity index (χ1n) is 29.3. The lowest BCUT2D eigenvalue weighted by Gasteiger charge is -2.29. The molecule has 0 spiro atoms. The van der Waals surface area contributed by atoms with Crippen molar-refractivity contribution in [2.75, 3.05) is 30.2 Å². The second-order valence-corrected chi connectivity index (χ2v) is 23.1. The number of benzene rings is 2. The number of aromatic nitrogens is 9. The number of H-pyrrole nitrogens is 1. The van der Waals surface area contributed by atoms with Crippen molar-refractivity contribution in [2.45, 2.75) is 168 Å².